The van der Waals surface area contributed by atoms with Gasteiger partial charge in [-0.05, 0) is 17.7 Å². The lowest BCUT2D eigenvalue weighted by Gasteiger charge is -2.34. The Balaban J connectivity index is 2.28. The third-order valence-corrected chi connectivity index (χ3v) is 3.56. The van der Waals surface area contributed by atoms with Crippen LogP contribution >= 0.6 is 0 Å². The van der Waals surface area contributed by atoms with Gasteiger partial charge in [-0.25, -0.2) is 4.39 Å². The first kappa shape index (κ1) is 15.7. The van der Waals surface area contributed by atoms with E-state index in [1.54, 1.807) is 0 Å². The molecule has 1 heterocycles. The van der Waals surface area contributed by atoms with E-state index in [0.29, 0.717) is 18.7 Å². The lowest BCUT2D eigenvalue weighted by atomic mass is 9.99. The van der Waals surface area contributed by atoms with Gasteiger partial charge in [0.25, 0.3) is 0 Å². The minimum Gasteiger partial charge on any atom is -0.314 e. The van der Waals surface area contributed by atoms with Crippen LogP contribution in [0.15, 0.2) is 18.2 Å². The number of nitrogens with one attached hydrogen (secondary N) is 1. The summed E-state index contributed by atoms with van der Waals surface area (Å²) in [5.41, 5.74) is -0.869. The quantitative estimate of drug-likeness (QED) is 0.873. The molecule has 0 bridgehead atoms. The van der Waals surface area contributed by atoms with Gasteiger partial charge >= 0.3 is 6.18 Å². The van der Waals surface area contributed by atoms with Crippen molar-refractivity contribution in [3.05, 3.63) is 35.1 Å². The van der Waals surface area contributed by atoms with Crippen LogP contribution in [0.1, 0.15) is 23.6 Å². The number of hydrogen-bond acceptors (Lipinski definition) is 3. The third-order valence-electron chi connectivity index (χ3n) is 3.56. The molecule has 114 valence electrons. The summed E-state index contributed by atoms with van der Waals surface area (Å²) in [6.45, 7) is 2.83. The molecule has 1 fully saturated rings. The highest BCUT2D eigenvalue weighted by Gasteiger charge is 2.34. The fourth-order valence-electron chi connectivity index (χ4n) is 2.51. The smallest absolute Gasteiger partial charge is 0.314 e. The van der Waals surface area contributed by atoms with Crippen LogP contribution in [0.5, 0.6) is 0 Å². The van der Waals surface area contributed by atoms with E-state index in [-0.39, 0.29) is 12.5 Å². The maximum absolute atomic E-state index is 13.7. The molecule has 3 nitrogen and oxygen atoms in total. The average Bonchev–Trinajstić information content (AvgIpc) is 2.44. The van der Waals surface area contributed by atoms with Gasteiger partial charge in [0.05, 0.1) is 18.1 Å². The van der Waals surface area contributed by atoms with Gasteiger partial charge in [0.2, 0.25) is 0 Å². The molecule has 0 aromatic heterocycles. The maximum atomic E-state index is 13.7. The molecule has 7 heteroatoms. The predicted octanol–water partition coefficient (Wildman–Crippen LogP) is 2.70. The largest absolute Gasteiger partial charge is 0.419 e. The summed E-state index contributed by atoms with van der Waals surface area (Å²) in [6.07, 6.45) is -4.59. The first-order chi connectivity index (χ1) is 9.93. The van der Waals surface area contributed by atoms with Gasteiger partial charge in [-0.1, -0.05) is 6.07 Å². The summed E-state index contributed by atoms with van der Waals surface area (Å²) in [7, 11) is 0. The number of nitriles is 1. The Labute approximate surface area is 120 Å². The summed E-state index contributed by atoms with van der Waals surface area (Å²) in [5, 5.41) is 12.1. The molecule has 21 heavy (non-hydrogen) atoms. The van der Waals surface area contributed by atoms with E-state index in [0.717, 1.165) is 25.2 Å². The SMILES string of the molecule is N#CC[C@H](c1ccc(C(F)(F)F)c(F)c1)N1CCNCC1. The summed E-state index contributed by atoms with van der Waals surface area (Å²) in [6, 6.07) is 4.54. The Bertz CT molecular complexity index is 530. The summed E-state index contributed by atoms with van der Waals surface area (Å²) < 4.78 is 51.4. The van der Waals surface area contributed by atoms with Crippen LogP contribution in [0.25, 0.3) is 0 Å². The molecule has 2 rings (SSSR count). The van der Waals surface area contributed by atoms with E-state index in [1.807, 2.05) is 11.0 Å². The molecule has 1 aliphatic heterocycles. The van der Waals surface area contributed by atoms with Crippen molar-refractivity contribution in [3.63, 3.8) is 0 Å². The number of piperazine rings is 1. The highest BCUT2D eigenvalue weighted by molar-refractivity contribution is 5.29. The van der Waals surface area contributed by atoms with Gasteiger partial charge in [-0.2, -0.15) is 18.4 Å². The number of halogens is 4. The van der Waals surface area contributed by atoms with Gasteiger partial charge in [0.15, 0.2) is 0 Å². The molecule has 0 saturated carbocycles. The van der Waals surface area contributed by atoms with Crippen molar-refractivity contribution in [2.24, 2.45) is 0 Å². The standard InChI is InChI=1S/C14H15F4N3/c15-12-9-10(1-2-11(12)14(16,17)18)13(3-4-19)21-7-5-20-6-8-21/h1-2,9,13,20H,3,5-8H2/t13-/m1/s1. The number of hydrogen-bond donors (Lipinski definition) is 1. The van der Waals surface area contributed by atoms with Crippen LogP contribution < -0.4 is 5.32 Å². The average molecular weight is 301 g/mol. The minimum atomic E-state index is -4.71. The Hall–Kier alpha value is -1.65. The lowest BCUT2D eigenvalue weighted by Crippen LogP contribution is -2.45. The second-order valence-corrected chi connectivity index (χ2v) is 4.90. The van der Waals surface area contributed by atoms with Gasteiger partial charge in [0.1, 0.15) is 5.82 Å². The molecule has 1 saturated heterocycles. The van der Waals surface area contributed by atoms with Crippen LogP contribution in [0, 0.1) is 17.1 Å². The van der Waals surface area contributed by atoms with Gasteiger partial charge in [-0.15, -0.1) is 0 Å². The van der Waals surface area contributed by atoms with E-state index >= 15 is 0 Å². The van der Waals surface area contributed by atoms with E-state index in [4.69, 9.17) is 5.26 Å². The van der Waals surface area contributed by atoms with Crippen LogP contribution in [0.4, 0.5) is 17.6 Å². The molecule has 0 radical (unpaired) electrons. The molecular weight excluding hydrogens is 286 g/mol. The first-order valence-corrected chi connectivity index (χ1v) is 6.62. The highest BCUT2D eigenvalue weighted by Crippen LogP contribution is 2.34. The van der Waals surface area contributed by atoms with E-state index < -0.39 is 17.6 Å². The molecule has 1 aromatic carbocycles. The van der Waals surface area contributed by atoms with Crippen LogP contribution in [0.3, 0.4) is 0 Å². The lowest BCUT2D eigenvalue weighted by molar-refractivity contribution is -0.140. The van der Waals surface area contributed by atoms with Crippen molar-refractivity contribution >= 4 is 0 Å². The monoisotopic (exact) mass is 301 g/mol. The fourth-order valence-corrected chi connectivity index (χ4v) is 2.51. The van der Waals surface area contributed by atoms with Crippen LogP contribution in [0.2, 0.25) is 0 Å². The normalized spacial score (nSPS) is 18.2. The Morgan fingerprint density at radius 3 is 2.48 bits per heavy atom. The summed E-state index contributed by atoms with van der Waals surface area (Å²) >= 11 is 0. The number of benzene rings is 1. The minimum absolute atomic E-state index is 0.116. The maximum Gasteiger partial charge on any atom is 0.419 e. The van der Waals surface area contributed by atoms with Crippen molar-refractivity contribution < 1.29 is 17.6 Å². The Kier molecular flexibility index (Phi) is 4.80. The van der Waals surface area contributed by atoms with E-state index in [1.165, 1.54) is 6.07 Å². The molecule has 0 unspecified atom stereocenters. The summed E-state index contributed by atoms with van der Waals surface area (Å²) in [4.78, 5) is 1.99. The molecule has 1 N–H and O–H groups in total. The molecule has 0 amide bonds. The van der Waals surface area contributed by atoms with Gasteiger partial charge in [-0.3, -0.25) is 4.90 Å². The fraction of sp³-hybridized carbons (Fsp3) is 0.500. The van der Waals surface area contributed by atoms with Crippen molar-refractivity contribution in [3.8, 4) is 6.07 Å². The first-order valence-electron chi connectivity index (χ1n) is 6.62. The molecule has 1 atom stereocenters. The van der Waals surface area contributed by atoms with Crippen LogP contribution in [-0.2, 0) is 6.18 Å². The van der Waals surface area contributed by atoms with Gasteiger partial charge in [0, 0.05) is 32.2 Å². The predicted molar refractivity (Wildman–Crippen MR) is 68.8 cm³/mol. The Morgan fingerprint density at radius 1 is 1.29 bits per heavy atom. The molecule has 0 aliphatic carbocycles. The van der Waals surface area contributed by atoms with Crippen molar-refractivity contribution in [2.75, 3.05) is 26.2 Å². The van der Waals surface area contributed by atoms with Crippen molar-refractivity contribution in [1.82, 2.24) is 10.2 Å². The molecule has 1 aliphatic rings. The zero-order valence-corrected chi connectivity index (χ0v) is 11.3. The zero-order chi connectivity index (χ0) is 15.5. The topological polar surface area (TPSA) is 39.1 Å². The van der Waals surface area contributed by atoms with E-state index in [2.05, 4.69) is 5.32 Å². The van der Waals surface area contributed by atoms with Crippen LogP contribution in [-0.4, -0.2) is 31.1 Å². The Morgan fingerprint density at radius 2 is 1.95 bits per heavy atom. The molecular formula is C14H15F4N3. The third kappa shape index (κ3) is 3.71. The highest BCUT2D eigenvalue weighted by atomic mass is 19.4. The van der Waals surface area contributed by atoms with Crippen molar-refractivity contribution in [1.29, 1.82) is 5.26 Å². The number of rotatable bonds is 3. The molecule has 1 aromatic rings. The number of alkyl halides is 3. The van der Waals surface area contributed by atoms with E-state index in [9.17, 15) is 17.6 Å². The molecule has 0 spiro atoms. The van der Waals surface area contributed by atoms with Gasteiger partial charge < -0.3 is 5.32 Å². The second-order valence-electron chi connectivity index (χ2n) is 4.90. The summed E-state index contributed by atoms with van der Waals surface area (Å²) in [5.74, 6) is -1.29. The second kappa shape index (κ2) is 6.41. The van der Waals surface area contributed by atoms with Crippen molar-refractivity contribution in [2.45, 2.75) is 18.6 Å². The zero-order valence-electron chi connectivity index (χ0n) is 11.3. The number of nitrogens with zero attached hydrogens (tertiary/aromatic N) is 2.